The molecule has 114 valence electrons. The first-order chi connectivity index (χ1) is 10.1. The maximum Gasteiger partial charge on any atom is 0.0544 e. The molecule has 2 aliphatic carbocycles. The van der Waals surface area contributed by atoms with Gasteiger partial charge in [-0.1, -0.05) is 6.07 Å². The Morgan fingerprint density at radius 1 is 1.19 bits per heavy atom. The van der Waals surface area contributed by atoms with Gasteiger partial charge < -0.3 is 5.32 Å². The molecule has 2 atom stereocenters. The van der Waals surface area contributed by atoms with Gasteiger partial charge in [0.2, 0.25) is 0 Å². The van der Waals surface area contributed by atoms with Gasteiger partial charge in [-0.05, 0) is 63.5 Å². The van der Waals surface area contributed by atoms with Crippen molar-refractivity contribution in [3.05, 3.63) is 30.1 Å². The van der Waals surface area contributed by atoms with E-state index in [0.717, 1.165) is 24.9 Å². The molecule has 0 radical (unpaired) electrons. The predicted molar refractivity (Wildman–Crippen MR) is 84.9 cm³/mol. The number of rotatable bonds is 4. The molecule has 0 amide bonds. The van der Waals surface area contributed by atoms with Crippen molar-refractivity contribution in [2.24, 2.45) is 11.8 Å². The van der Waals surface area contributed by atoms with Crippen LogP contribution in [0.25, 0.3) is 0 Å². The van der Waals surface area contributed by atoms with Crippen molar-refractivity contribution in [3.8, 4) is 0 Å². The highest BCUT2D eigenvalue weighted by Gasteiger charge is 2.54. The largest absolute Gasteiger partial charge is 0.308 e. The Morgan fingerprint density at radius 3 is 2.57 bits per heavy atom. The summed E-state index contributed by atoms with van der Waals surface area (Å²) in [6.07, 6.45) is 7.53. The summed E-state index contributed by atoms with van der Waals surface area (Å²) in [6.45, 7) is 8.20. The van der Waals surface area contributed by atoms with Crippen LogP contribution in [0.3, 0.4) is 0 Å². The fourth-order valence-electron chi connectivity index (χ4n) is 4.15. The monoisotopic (exact) mass is 285 g/mol. The third kappa shape index (κ3) is 2.51. The zero-order valence-electron chi connectivity index (χ0n) is 13.3. The average molecular weight is 285 g/mol. The Bertz CT molecular complexity index is 508. The summed E-state index contributed by atoms with van der Waals surface area (Å²) in [5, 5.41) is 3.92. The SMILES string of the molecule is CC1(C2CC2)CN(Cc2ccccn2)C(C)(C2CC2)CN1. The molecule has 2 saturated carbocycles. The highest BCUT2D eigenvalue weighted by Crippen LogP contribution is 2.48. The maximum absolute atomic E-state index is 4.56. The summed E-state index contributed by atoms with van der Waals surface area (Å²) >= 11 is 0. The summed E-state index contributed by atoms with van der Waals surface area (Å²) in [5.74, 6) is 1.75. The Kier molecular flexibility index (Phi) is 3.13. The molecule has 2 heterocycles. The van der Waals surface area contributed by atoms with E-state index in [1.54, 1.807) is 0 Å². The van der Waals surface area contributed by atoms with Gasteiger partial charge in [-0.25, -0.2) is 0 Å². The van der Waals surface area contributed by atoms with Crippen molar-refractivity contribution in [1.82, 2.24) is 15.2 Å². The van der Waals surface area contributed by atoms with Crippen LogP contribution < -0.4 is 5.32 Å². The van der Waals surface area contributed by atoms with Crippen LogP contribution in [0.5, 0.6) is 0 Å². The van der Waals surface area contributed by atoms with Crippen LogP contribution in [0.2, 0.25) is 0 Å². The van der Waals surface area contributed by atoms with E-state index >= 15 is 0 Å². The van der Waals surface area contributed by atoms with Crippen molar-refractivity contribution >= 4 is 0 Å². The number of hydrogen-bond acceptors (Lipinski definition) is 3. The third-order valence-electron chi connectivity index (χ3n) is 6.11. The second kappa shape index (κ2) is 4.79. The predicted octanol–water partition coefficient (Wildman–Crippen LogP) is 2.82. The lowest BCUT2D eigenvalue weighted by molar-refractivity contribution is -0.00788. The molecule has 2 unspecified atom stereocenters. The Labute approximate surface area is 128 Å². The van der Waals surface area contributed by atoms with Crippen LogP contribution in [0.4, 0.5) is 0 Å². The van der Waals surface area contributed by atoms with Crippen LogP contribution in [0.1, 0.15) is 45.2 Å². The zero-order valence-corrected chi connectivity index (χ0v) is 13.3. The lowest BCUT2D eigenvalue weighted by Gasteiger charge is -2.53. The van der Waals surface area contributed by atoms with Crippen molar-refractivity contribution in [2.75, 3.05) is 13.1 Å². The normalized spacial score (nSPS) is 37.6. The van der Waals surface area contributed by atoms with E-state index in [4.69, 9.17) is 0 Å². The molecule has 1 aromatic rings. The first kappa shape index (κ1) is 13.7. The van der Waals surface area contributed by atoms with Crippen molar-refractivity contribution in [3.63, 3.8) is 0 Å². The molecule has 3 nitrogen and oxygen atoms in total. The van der Waals surface area contributed by atoms with E-state index in [-0.39, 0.29) is 0 Å². The Hall–Kier alpha value is -0.930. The Balaban J connectivity index is 1.58. The van der Waals surface area contributed by atoms with Crippen LogP contribution in [-0.2, 0) is 6.54 Å². The molecule has 0 spiro atoms. The average Bonchev–Trinajstić information content (AvgIpc) is 3.35. The van der Waals surface area contributed by atoms with Gasteiger partial charge in [0.15, 0.2) is 0 Å². The number of nitrogens with zero attached hydrogens (tertiary/aromatic N) is 2. The highest BCUT2D eigenvalue weighted by molar-refractivity contribution is 5.13. The molecule has 1 N–H and O–H groups in total. The van der Waals surface area contributed by atoms with Crippen LogP contribution >= 0.6 is 0 Å². The number of hydrogen-bond donors (Lipinski definition) is 1. The van der Waals surface area contributed by atoms with Gasteiger partial charge in [-0.2, -0.15) is 0 Å². The smallest absolute Gasteiger partial charge is 0.0544 e. The summed E-state index contributed by atoms with van der Waals surface area (Å²) in [7, 11) is 0. The number of nitrogens with one attached hydrogen (secondary N) is 1. The van der Waals surface area contributed by atoms with E-state index in [2.05, 4.69) is 41.2 Å². The minimum Gasteiger partial charge on any atom is -0.308 e. The molecule has 1 saturated heterocycles. The van der Waals surface area contributed by atoms with Gasteiger partial charge in [0.25, 0.3) is 0 Å². The Morgan fingerprint density at radius 2 is 1.95 bits per heavy atom. The van der Waals surface area contributed by atoms with Crippen LogP contribution in [0, 0.1) is 11.8 Å². The lowest BCUT2D eigenvalue weighted by atomic mass is 9.83. The van der Waals surface area contributed by atoms with E-state index < -0.39 is 0 Å². The molecule has 3 heteroatoms. The molecule has 0 bridgehead atoms. The molecular weight excluding hydrogens is 258 g/mol. The van der Waals surface area contributed by atoms with E-state index in [9.17, 15) is 0 Å². The molecule has 1 aliphatic heterocycles. The molecule has 4 rings (SSSR count). The molecule has 3 fully saturated rings. The van der Waals surface area contributed by atoms with Gasteiger partial charge in [0.1, 0.15) is 0 Å². The first-order valence-electron chi connectivity index (χ1n) is 8.50. The summed E-state index contributed by atoms with van der Waals surface area (Å²) in [5.41, 5.74) is 1.83. The minimum absolute atomic E-state index is 0.309. The van der Waals surface area contributed by atoms with Crippen molar-refractivity contribution in [2.45, 2.75) is 57.2 Å². The third-order valence-corrected chi connectivity index (χ3v) is 6.11. The van der Waals surface area contributed by atoms with Crippen molar-refractivity contribution < 1.29 is 0 Å². The van der Waals surface area contributed by atoms with Gasteiger partial charge in [0.05, 0.1) is 5.69 Å². The minimum atomic E-state index is 0.309. The van der Waals surface area contributed by atoms with E-state index in [0.29, 0.717) is 11.1 Å². The van der Waals surface area contributed by atoms with Gasteiger partial charge in [0, 0.05) is 36.9 Å². The van der Waals surface area contributed by atoms with E-state index in [1.165, 1.54) is 37.9 Å². The van der Waals surface area contributed by atoms with Gasteiger partial charge in [-0.15, -0.1) is 0 Å². The molecular formula is C18H27N3. The number of aromatic nitrogens is 1. The molecule has 3 aliphatic rings. The standard InChI is InChI=1S/C18H27N3/c1-17(14-6-7-14)13-21(11-16-5-3-4-10-19-16)18(2,12-20-17)15-8-9-15/h3-5,10,14-15,20H,6-9,11-13H2,1-2H3. The number of pyridine rings is 1. The first-order valence-corrected chi connectivity index (χ1v) is 8.50. The van der Waals surface area contributed by atoms with Gasteiger partial charge >= 0.3 is 0 Å². The zero-order chi connectivity index (χ0) is 14.5. The van der Waals surface area contributed by atoms with Crippen LogP contribution in [-0.4, -0.2) is 34.1 Å². The quantitative estimate of drug-likeness (QED) is 0.922. The summed E-state index contributed by atoms with van der Waals surface area (Å²) in [4.78, 5) is 7.30. The number of piperazine rings is 1. The van der Waals surface area contributed by atoms with E-state index in [1.807, 2.05) is 12.3 Å². The summed E-state index contributed by atoms with van der Waals surface area (Å²) in [6, 6.07) is 6.29. The molecule has 0 aromatic carbocycles. The van der Waals surface area contributed by atoms with Gasteiger partial charge in [-0.3, -0.25) is 9.88 Å². The lowest BCUT2D eigenvalue weighted by Crippen LogP contribution is -2.69. The second-order valence-corrected chi connectivity index (χ2v) is 7.85. The van der Waals surface area contributed by atoms with Crippen molar-refractivity contribution in [1.29, 1.82) is 0 Å². The second-order valence-electron chi connectivity index (χ2n) is 7.85. The molecule has 21 heavy (non-hydrogen) atoms. The fourth-order valence-corrected chi connectivity index (χ4v) is 4.15. The maximum atomic E-state index is 4.56. The van der Waals surface area contributed by atoms with Crippen LogP contribution in [0.15, 0.2) is 24.4 Å². The summed E-state index contributed by atoms with van der Waals surface area (Å²) < 4.78 is 0. The topological polar surface area (TPSA) is 28.2 Å². The fraction of sp³-hybridized carbons (Fsp3) is 0.722. The highest BCUT2D eigenvalue weighted by atomic mass is 15.3. The molecule has 1 aromatic heterocycles.